The van der Waals surface area contributed by atoms with E-state index in [4.69, 9.17) is 9.47 Å². The number of ether oxygens (including phenoxy) is 2. The number of amides is 1. The first-order valence-corrected chi connectivity index (χ1v) is 8.49. The van der Waals surface area contributed by atoms with Crippen molar-refractivity contribution < 1.29 is 19.1 Å². The second kappa shape index (κ2) is 6.58. The molecule has 0 saturated carbocycles. The van der Waals surface area contributed by atoms with Gasteiger partial charge in [-0.2, -0.15) is 5.10 Å². The molecular weight excluding hydrogens is 322 g/mol. The minimum absolute atomic E-state index is 0.140. The lowest BCUT2D eigenvalue weighted by atomic mass is 10.2. The van der Waals surface area contributed by atoms with E-state index in [9.17, 15) is 9.59 Å². The van der Waals surface area contributed by atoms with Crippen molar-refractivity contribution >= 4 is 12.1 Å². The molecule has 2 aliphatic rings. The van der Waals surface area contributed by atoms with Gasteiger partial charge >= 0.3 is 12.1 Å². The van der Waals surface area contributed by atoms with Crippen molar-refractivity contribution in [1.82, 2.24) is 14.7 Å². The Morgan fingerprint density at radius 3 is 2.84 bits per heavy atom. The molecule has 0 atom stereocenters. The van der Waals surface area contributed by atoms with Crippen molar-refractivity contribution in [3.63, 3.8) is 0 Å². The van der Waals surface area contributed by atoms with E-state index in [0.29, 0.717) is 25.4 Å². The molecule has 1 fully saturated rings. The first kappa shape index (κ1) is 15.7. The molecule has 2 aromatic rings. The second-order valence-electron chi connectivity index (χ2n) is 6.11. The largest absolute Gasteiger partial charge is 0.459 e. The highest BCUT2D eigenvalue weighted by molar-refractivity contribution is 5.89. The highest BCUT2D eigenvalue weighted by Gasteiger charge is 2.28. The molecule has 1 aliphatic carbocycles. The van der Waals surface area contributed by atoms with Crippen molar-refractivity contribution in [1.29, 1.82) is 0 Å². The quantitative estimate of drug-likeness (QED) is 0.778. The van der Waals surface area contributed by atoms with Gasteiger partial charge in [0.1, 0.15) is 13.2 Å². The number of esters is 1. The molecule has 0 N–H and O–H groups in total. The number of nitrogens with zero attached hydrogens (tertiary/aromatic N) is 3. The van der Waals surface area contributed by atoms with Crippen LogP contribution in [0.3, 0.4) is 0 Å². The summed E-state index contributed by atoms with van der Waals surface area (Å²) in [5.74, 6) is -0.430. The molecule has 0 radical (unpaired) electrons. The Labute approximate surface area is 145 Å². The van der Waals surface area contributed by atoms with Crippen LogP contribution in [0, 0.1) is 0 Å². The van der Waals surface area contributed by atoms with E-state index in [1.165, 1.54) is 4.90 Å². The minimum atomic E-state index is -0.430. The maximum absolute atomic E-state index is 12.5. The monoisotopic (exact) mass is 341 g/mol. The van der Waals surface area contributed by atoms with Crippen molar-refractivity contribution in [2.45, 2.75) is 19.3 Å². The van der Waals surface area contributed by atoms with Crippen molar-refractivity contribution in [3.05, 3.63) is 47.3 Å². The minimum Gasteiger partial charge on any atom is -0.459 e. The molecular formula is C18H19N3O4. The number of hydrogen-bond donors (Lipinski definition) is 0. The van der Waals surface area contributed by atoms with Crippen LogP contribution < -0.4 is 0 Å². The third-order valence-corrected chi connectivity index (χ3v) is 4.56. The number of rotatable bonds is 5. The maximum atomic E-state index is 12.5. The Bertz CT molecular complexity index is 800. The molecule has 0 spiro atoms. The van der Waals surface area contributed by atoms with Crippen LogP contribution in [0.5, 0.6) is 0 Å². The zero-order valence-corrected chi connectivity index (χ0v) is 13.8. The summed E-state index contributed by atoms with van der Waals surface area (Å²) in [7, 11) is 0. The summed E-state index contributed by atoms with van der Waals surface area (Å²) in [6.45, 7) is 1.41. The van der Waals surface area contributed by atoms with Crippen LogP contribution in [0.25, 0.3) is 5.69 Å². The fourth-order valence-corrected chi connectivity index (χ4v) is 3.33. The standard InChI is InChI=1S/C18H19N3O4/c22-17(24-11-9-20-10-12-25-18(20)23)16-14-7-4-8-15(14)21(19-16)13-5-2-1-3-6-13/h1-3,5-6H,4,7-12H2. The van der Waals surface area contributed by atoms with Crippen LogP contribution in [-0.4, -0.2) is 53.0 Å². The van der Waals surface area contributed by atoms with Gasteiger partial charge in [-0.05, 0) is 31.4 Å². The van der Waals surface area contributed by atoms with Crippen LogP contribution in [-0.2, 0) is 22.3 Å². The number of carbonyl (C=O) groups is 2. The second-order valence-corrected chi connectivity index (χ2v) is 6.11. The molecule has 1 saturated heterocycles. The number of benzene rings is 1. The summed E-state index contributed by atoms with van der Waals surface area (Å²) < 4.78 is 12.0. The van der Waals surface area contributed by atoms with Gasteiger partial charge in [0.2, 0.25) is 0 Å². The summed E-state index contributed by atoms with van der Waals surface area (Å²) in [5.41, 5.74) is 3.40. The molecule has 7 nitrogen and oxygen atoms in total. The lowest BCUT2D eigenvalue weighted by Gasteiger charge is -2.12. The number of para-hydroxylation sites is 1. The van der Waals surface area contributed by atoms with Crippen LogP contribution in [0.2, 0.25) is 0 Å². The third kappa shape index (κ3) is 2.97. The van der Waals surface area contributed by atoms with E-state index >= 15 is 0 Å². The van der Waals surface area contributed by atoms with Gasteiger partial charge in [0.15, 0.2) is 5.69 Å². The number of aromatic nitrogens is 2. The average molecular weight is 341 g/mol. The van der Waals surface area contributed by atoms with Gasteiger partial charge in [0, 0.05) is 11.3 Å². The first-order valence-electron chi connectivity index (χ1n) is 8.49. The molecule has 0 unspecified atom stereocenters. The predicted octanol–water partition coefficient (Wildman–Crippen LogP) is 1.97. The molecule has 4 rings (SSSR count). The van der Waals surface area contributed by atoms with Gasteiger partial charge < -0.3 is 14.4 Å². The molecule has 0 bridgehead atoms. The summed E-state index contributed by atoms with van der Waals surface area (Å²) in [6, 6.07) is 9.79. The topological polar surface area (TPSA) is 73.7 Å². The van der Waals surface area contributed by atoms with E-state index in [0.717, 1.165) is 36.2 Å². The fourth-order valence-electron chi connectivity index (χ4n) is 3.33. The van der Waals surface area contributed by atoms with Gasteiger partial charge in [-0.1, -0.05) is 18.2 Å². The normalized spacial score (nSPS) is 16.0. The summed E-state index contributed by atoms with van der Waals surface area (Å²) in [5, 5.41) is 4.50. The number of fused-ring (bicyclic) bond motifs is 1. The van der Waals surface area contributed by atoms with E-state index in [2.05, 4.69) is 5.10 Å². The van der Waals surface area contributed by atoms with Crippen molar-refractivity contribution in [3.8, 4) is 5.69 Å². The Morgan fingerprint density at radius 2 is 2.08 bits per heavy atom. The molecule has 1 aromatic carbocycles. The lowest BCUT2D eigenvalue weighted by molar-refractivity contribution is 0.0469. The first-order chi connectivity index (χ1) is 12.2. The summed E-state index contributed by atoms with van der Waals surface area (Å²) in [6.07, 6.45) is 2.40. The highest BCUT2D eigenvalue weighted by atomic mass is 16.6. The summed E-state index contributed by atoms with van der Waals surface area (Å²) >= 11 is 0. The Balaban J connectivity index is 1.48. The van der Waals surface area contributed by atoms with Crippen LogP contribution in [0.4, 0.5) is 4.79 Å². The smallest absolute Gasteiger partial charge is 0.410 e. The average Bonchev–Trinajstić information content (AvgIpc) is 3.32. The molecule has 7 heteroatoms. The summed E-state index contributed by atoms with van der Waals surface area (Å²) in [4.78, 5) is 25.4. The van der Waals surface area contributed by atoms with Crippen LogP contribution in [0.15, 0.2) is 30.3 Å². The Hall–Kier alpha value is -2.83. The maximum Gasteiger partial charge on any atom is 0.410 e. The van der Waals surface area contributed by atoms with Gasteiger partial charge in [-0.3, -0.25) is 0 Å². The van der Waals surface area contributed by atoms with E-state index < -0.39 is 5.97 Å². The zero-order valence-electron chi connectivity index (χ0n) is 13.8. The Kier molecular flexibility index (Phi) is 4.13. The van der Waals surface area contributed by atoms with E-state index in [1.807, 2.05) is 35.0 Å². The fraction of sp³-hybridized carbons (Fsp3) is 0.389. The van der Waals surface area contributed by atoms with Crippen LogP contribution in [0.1, 0.15) is 28.2 Å². The van der Waals surface area contributed by atoms with Crippen LogP contribution >= 0.6 is 0 Å². The molecule has 25 heavy (non-hydrogen) atoms. The SMILES string of the molecule is O=C(OCCN1CCOC1=O)c1nn(-c2ccccc2)c2c1CCC2. The zero-order chi connectivity index (χ0) is 17.2. The third-order valence-electron chi connectivity index (χ3n) is 4.56. The molecule has 130 valence electrons. The number of cyclic esters (lactones) is 1. The number of hydrogen-bond acceptors (Lipinski definition) is 5. The van der Waals surface area contributed by atoms with Crippen molar-refractivity contribution in [2.24, 2.45) is 0 Å². The van der Waals surface area contributed by atoms with E-state index in [1.54, 1.807) is 0 Å². The molecule has 1 amide bonds. The Morgan fingerprint density at radius 1 is 1.24 bits per heavy atom. The lowest BCUT2D eigenvalue weighted by Crippen LogP contribution is -2.29. The van der Waals surface area contributed by atoms with E-state index in [-0.39, 0.29) is 12.7 Å². The molecule has 1 aromatic heterocycles. The predicted molar refractivity (Wildman–Crippen MR) is 88.8 cm³/mol. The highest BCUT2D eigenvalue weighted by Crippen LogP contribution is 2.28. The van der Waals surface area contributed by atoms with Gasteiger partial charge in [-0.25, -0.2) is 14.3 Å². The number of carbonyl (C=O) groups excluding carboxylic acids is 2. The molecule has 1 aliphatic heterocycles. The van der Waals surface area contributed by atoms with Gasteiger partial charge in [-0.15, -0.1) is 0 Å². The van der Waals surface area contributed by atoms with Crippen molar-refractivity contribution in [2.75, 3.05) is 26.3 Å². The van der Waals surface area contributed by atoms with Gasteiger partial charge in [0.25, 0.3) is 0 Å². The molecule has 2 heterocycles. The van der Waals surface area contributed by atoms with Gasteiger partial charge in [0.05, 0.1) is 18.8 Å².